The van der Waals surface area contributed by atoms with Crippen LogP contribution >= 0.6 is 11.3 Å². The second-order valence-corrected chi connectivity index (χ2v) is 11.8. The first-order chi connectivity index (χ1) is 18.1. The number of halogens is 5. The highest BCUT2D eigenvalue weighted by Crippen LogP contribution is 2.36. The largest absolute Gasteiger partial charge is 0.544 e. The number of ether oxygens (including phenoxy) is 2. The molecule has 0 fully saturated rings. The summed E-state index contributed by atoms with van der Waals surface area (Å²) in [6.07, 6.45) is -7.18. The van der Waals surface area contributed by atoms with Gasteiger partial charge in [0.2, 0.25) is 0 Å². The van der Waals surface area contributed by atoms with E-state index in [1.165, 1.54) is 0 Å². The van der Waals surface area contributed by atoms with E-state index in [0.717, 1.165) is 24.3 Å². The smallest absolute Gasteiger partial charge is 0.416 e. The molecular formula is C25H29F5N3O6S-. The predicted molar refractivity (Wildman–Crippen MR) is 133 cm³/mol. The summed E-state index contributed by atoms with van der Waals surface area (Å²) in [5.74, 6) is -7.33. The van der Waals surface area contributed by atoms with E-state index in [0.29, 0.717) is 16.9 Å². The second kappa shape index (κ2) is 11.9. The van der Waals surface area contributed by atoms with Gasteiger partial charge < -0.3 is 24.7 Å². The number of thiazole rings is 1. The maximum atomic E-state index is 14.6. The van der Waals surface area contributed by atoms with Crippen LogP contribution in [0.1, 0.15) is 63.2 Å². The minimum Gasteiger partial charge on any atom is -0.544 e. The van der Waals surface area contributed by atoms with Gasteiger partial charge in [-0.15, -0.1) is 11.3 Å². The lowest BCUT2D eigenvalue weighted by Gasteiger charge is -2.24. The molecule has 0 aliphatic carbocycles. The molecule has 222 valence electrons. The standard InChI is InChI=1S/C25H30F5N3O6S/c1-22(2,3)38-20(36)31-15(11-13-7-9-14(10-8-13)25(28,29)30)12-16-17(24(26,27)18(34)35)32-19(40-16)33-21(37)39-23(4,5)6/h7-10,15H,11-12H2,1-6H3,(H,31,36)(H,34,35)(H,32,33,37)/p-1. The molecule has 2 N–H and O–H groups in total. The van der Waals surface area contributed by atoms with Gasteiger partial charge in [-0.05, 0) is 65.7 Å². The lowest BCUT2D eigenvalue weighted by atomic mass is 10.00. The third-order valence-electron chi connectivity index (χ3n) is 4.78. The number of carbonyl (C=O) groups excluding carboxylic acids is 3. The van der Waals surface area contributed by atoms with Gasteiger partial charge in [0.1, 0.15) is 22.9 Å². The topological polar surface area (TPSA) is 130 Å². The van der Waals surface area contributed by atoms with Crippen LogP contribution in [0, 0.1) is 0 Å². The summed E-state index contributed by atoms with van der Waals surface area (Å²) in [5, 5.41) is 15.5. The summed E-state index contributed by atoms with van der Waals surface area (Å²) in [6, 6.07) is 2.89. The summed E-state index contributed by atoms with van der Waals surface area (Å²) in [7, 11) is 0. The fraction of sp³-hybridized carbons (Fsp3) is 0.520. The number of nitrogens with zero attached hydrogens (tertiary/aromatic N) is 1. The molecule has 1 heterocycles. The Morgan fingerprint density at radius 1 is 0.900 bits per heavy atom. The van der Waals surface area contributed by atoms with Crippen molar-refractivity contribution < 1.29 is 50.9 Å². The zero-order valence-electron chi connectivity index (χ0n) is 22.5. The van der Waals surface area contributed by atoms with Crippen LogP contribution in [0.4, 0.5) is 36.7 Å². The molecule has 0 radical (unpaired) electrons. The first-order valence-corrected chi connectivity index (χ1v) is 12.6. The number of aliphatic carboxylic acids is 1. The SMILES string of the molecule is CC(C)(C)OC(=O)Nc1nc(C(F)(F)C(=O)[O-])c(CC(Cc2ccc(C(F)(F)F)cc2)NC(=O)OC(C)(C)C)s1. The molecular weight excluding hydrogens is 565 g/mol. The van der Waals surface area contributed by atoms with E-state index in [-0.39, 0.29) is 11.3 Å². The van der Waals surface area contributed by atoms with Crippen molar-refractivity contribution in [2.24, 2.45) is 0 Å². The number of hydrogen-bond donors (Lipinski definition) is 2. The Balaban J connectivity index is 2.45. The average Bonchev–Trinajstić information content (AvgIpc) is 3.13. The van der Waals surface area contributed by atoms with E-state index in [4.69, 9.17) is 9.47 Å². The van der Waals surface area contributed by atoms with Crippen LogP contribution in [-0.4, -0.2) is 40.4 Å². The number of anilines is 1. The highest BCUT2D eigenvalue weighted by Gasteiger charge is 2.40. The number of alkyl halides is 5. The highest BCUT2D eigenvalue weighted by atomic mass is 32.1. The molecule has 0 saturated heterocycles. The van der Waals surface area contributed by atoms with Crippen LogP contribution in [0.2, 0.25) is 0 Å². The van der Waals surface area contributed by atoms with E-state index < -0.39 is 70.3 Å². The number of carboxylic acid groups (broad SMARTS) is 1. The van der Waals surface area contributed by atoms with E-state index >= 15 is 0 Å². The third-order valence-corrected chi connectivity index (χ3v) is 5.77. The number of aromatic nitrogens is 1. The van der Waals surface area contributed by atoms with Crippen molar-refractivity contribution in [1.82, 2.24) is 10.3 Å². The number of hydrogen-bond acceptors (Lipinski definition) is 8. The molecule has 0 aliphatic heterocycles. The van der Waals surface area contributed by atoms with Gasteiger partial charge in [-0.2, -0.15) is 22.0 Å². The van der Waals surface area contributed by atoms with Crippen LogP contribution in [0.15, 0.2) is 24.3 Å². The number of rotatable bonds is 8. The van der Waals surface area contributed by atoms with Crippen LogP contribution in [0.5, 0.6) is 0 Å². The molecule has 9 nitrogen and oxygen atoms in total. The molecule has 1 aromatic heterocycles. The fourth-order valence-corrected chi connectivity index (χ4v) is 4.32. The lowest BCUT2D eigenvalue weighted by Crippen LogP contribution is -2.43. The van der Waals surface area contributed by atoms with Crippen molar-refractivity contribution in [3.63, 3.8) is 0 Å². The van der Waals surface area contributed by atoms with Gasteiger partial charge in [-0.25, -0.2) is 14.6 Å². The number of carboxylic acids is 1. The van der Waals surface area contributed by atoms with Crippen molar-refractivity contribution in [1.29, 1.82) is 0 Å². The summed E-state index contributed by atoms with van der Waals surface area (Å²) in [6.45, 7) is 9.41. The quantitative estimate of drug-likeness (QED) is 0.410. The number of amides is 2. The molecule has 0 spiro atoms. The van der Waals surface area contributed by atoms with Gasteiger partial charge in [0.05, 0.1) is 5.56 Å². The zero-order valence-corrected chi connectivity index (χ0v) is 23.3. The summed E-state index contributed by atoms with van der Waals surface area (Å²) in [4.78, 5) is 39.1. The first kappa shape index (κ1) is 32.7. The Morgan fingerprint density at radius 3 is 1.90 bits per heavy atom. The van der Waals surface area contributed by atoms with Crippen LogP contribution in [-0.2, 0) is 39.2 Å². The molecule has 2 aromatic rings. The van der Waals surface area contributed by atoms with E-state index in [9.17, 15) is 41.4 Å². The molecule has 2 amide bonds. The normalized spacial score (nSPS) is 13.4. The summed E-state index contributed by atoms with van der Waals surface area (Å²) in [5.41, 5.74) is -3.72. The Hall–Kier alpha value is -3.49. The minimum absolute atomic E-state index is 0.152. The van der Waals surface area contributed by atoms with Gasteiger partial charge in [0, 0.05) is 17.3 Å². The molecule has 15 heteroatoms. The summed E-state index contributed by atoms with van der Waals surface area (Å²) < 4.78 is 78.4. The number of benzene rings is 1. The van der Waals surface area contributed by atoms with Crippen molar-refractivity contribution in [3.05, 3.63) is 46.0 Å². The van der Waals surface area contributed by atoms with Crippen LogP contribution < -0.4 is 15.7 Å². The average molecular weight is 595 g/mol. The van der Waals surface area contributed by atoms with E-state index in [2.05, 4.69) is 15.6 Å². The monoisotopic (exact) mass is 594 g/mol. The Bertz CT molecular complexity index is 1220. The van der Waals surface area contributed by atoms with Crippen molar-refractivity contribution >= 4 is 34.6 Å². The van der Waals surface area contributed by atoms with Gasteiger partial charge >= 0.3 is 24.3 Å². The van der Waals surface area contributed by atoms with Gasteiger partial charge in [-0.1, -0.05) is 12.1 Å². The Kier molecular flexibility index (Phi) is 9.77. The Labute approximate surface area is 231 Å². The molecule has 1 unspecified atom stereocenters. The highest BCUT2D eigenvalue weighted by molar-refractivity contribution is 7.15. The number of carbonyl (C=O) groups is 3. The van der Waals surface area contributed by atoms with Crippen molar-refractivity contribution in [3.8, 4) is 0 Å². The lowest BCUT2D eigenvalue weighted by molar-refractivity contribution is -0.331. The van der Waals surface area contributed by atoms with Gasteiger partial charge in [0.15, 0.2) is 5.13 Å². The van der Waals surface area contributed by atoms with Gasteiger partial charge in [0.25, 0.3) is 0 Å². The maximum absolute atomic E-state index is 14.6. The Morgan fingerprint density at radius 2 is 1.43 bits per heavy atom. The van der Waals surface area contributed by atoms with Crippen molar-refractivity contribution in [2.45, 2.75) is 83.7 Å². The molecule has 0 saturated carbocycles. The number of alkyl carbamates (subject to hydrolysis) is 1. The minimum atomic E-state index is -4.59. The maximum Gasteiger partial charge on any atom is 0.416 e. The van der Waals surface area contributed by atoms with E-state index in [1.807, 2.05) is 0 Å². The van der Waals surface area contributed by atoms with Crippen LogP contribution in [0.25, 0.3) is 0 Å². The molecule has 1 atom stereocenters. The predicted octanol–water partition coefficient (Wildman–Crippen LogP) is 5.03. The third kappa shape index (κ3) is 9.92. The van der Waals surface area contributed by atoms with Crippen LogP contribution in [0.3, 0.4) is 0 Å². The fourth-order valence-electron chi connectivity index (χ4n) is 3.26. The molecule has 40 heavy (non-hydrogen) atoms. The first-order valence-electron chi connectivity index (χ1n) is 11.8. The number of nitrogens with one attached hydrogen (secondary N) is 2. The van der Waals surface area contributed by atoms with E-state index in [1.54, 1.807) is 41.5 Å². The second-order valence-electron chi connectivity index (χ2n) is 10.7. The van der Waals surface area contributed by atoms with Crippen molar-refractivity contribution in [2.75, 3.05) is 5.32 Å². The summed E-state index contributed by atoms with van der Waals surface area (Å²) >= 11 is 0.508. The zero-order chi connectivity index (χ0) is 30.7. The molecule has 2 rings (SSSR count). The van der Waals surface area contributed by atoms with Gasteiger partial charge in [-0.3, -0.25) is 5.32 Å². The molecule has 0 aliphatic rings. The molecule has 1 aromatic carbocycles. The molecule has 0 bridgehead atoms.